The molecule has 0 radical (unpaired) electrons. The van der Waals surface area contributed by atoms with Crippen LogP contribution < -0.4 is 5.32 Å². The van der Waals surface area contributed by atoms with E-state index in [-0.39, 0.29) is 0 Å². The van der Waals surface area contributed by atoms with Gasteiger partial charge in [-0.25, -0.2) is 0 Å². The second-order valence-electron chi connectivity index (χ2n) is 4.87. The molecule has 2 atom stereocenters. The summed E-state index contributed by atoms with van der Waals surface area (Å²) < 4.78 is 7.38. The fourth-order valence-corrected chi connectivity index (χ4v) is 2.60. The molecule has 0 aromatic carbocycles. The van der Waals surface area contributed by atoms with Gasteiger partial charge in [-0.05, 0) is 31.7 Å². The Morgan fingerprint density at radius 2 is 2.41 bits per heavy atom. The molecule has 2 rings (SSSR count). The Balaban J connectivity index is 1.70. The monoisotopic (exact) mass is 237 g/mol. The quantitative estimate of drug-likeness (QED) is 0.843. The van der Waals surface area contributed by atoms with Crippen LogP contribution in [-0.4, -0.2) is 35.6 Å². The van der Waals surface area contributed by atoms with Gasteiger partial charge in [-0.3, -0.25) is 4.68 Å². The number of hydrogen-bond acceptors (Lipinski definition) is 3. The molecule has 0 bridgehead atoms. The summed E-state index contributed by atoms with van der Waals surface area (Å²) in [7, 11) is 3.82. The van der Waals surface area contributed by atoms with E-state index in [0.29, 0.717) is 12.1 Å². The van der Waals surface area contributed by atoms with Crippen LogP contribution in [0, 0.1) is 0 Å². The van der Waals surface area contributed by atoms with Gasteiger partial charge in [0.15, 0.2) is 0 Å². The van der Waals surface area contributed by atoms with Crippen LogP contribution in [0.3, 0.4) is 0 Å². The van der Waals surface area contributed by atoms with Crippen molar-refractivity contribution in [1.82, 2.24) is 15.1 Å². The number of aryl methyl sites for hydroxylation is 1. The van der Waals surface area contributed by atoms with Crippen LogP contribution in [0.2, 0.25) is 0 Å². The molecule has 1 heterocycles. The molecule has 4 nitrogen and oxygen atoms in total. The van der Waals surface area contributed by atoms with Crippen LogP contribution in [-0.2, 0) is 18.2 Å². The normalized spacial score (nSPS) is 25.1. The third kappa shape index (κ3) is 3.54. The van der Waals surface area contributed by atoms with Gasteiger partial charge in [-0.1, -0.05) is 0 Å². The maximum atomic E-state index is 5.44. The number of hydrogen-bond donors (Lipinski definition) is 1. The molecule has 2 unspecified atom stereocenters. The molecule has 1 saturated carbocycles. The fourth-order valence-electron chi connectivity index (χ4n) is 2.60. The third-order valence-corrected chi connectivity index (χ3v) is 3.70. The number of nitrogens with one attached hydrogen (secondary N) is 1. The van der Waals surface area contributed by atoms with Crippen molar-refractivity contribution in [2.75, 3.05) is 13.7 Å². The summed E-state index contributed by atoms with van der Waals surface area (Å²) in [6.45, 7) is 1.03. The Bertz CT molecular complexity index is 337. The van der Waals surface area contributed by atoms with E-state index < -0.39 is 0 Å². The summed E-state index contributed by atoms with van der Waals surface area (Å²) in [4.78, 5) is 0. The van der Waals surface area contributed by atoms with E-state index in [2.05, 4.69) is 16.5 Å². The lowest BCUT2D eigenvalue weighted by Crippen LogP contribution is -2.37. The zero-order valence-electron chi connectivity index (χ0n) is 10.9. The Labute approximate surface area is 103 Å². The number of ether oxygens (including phenoxy) is 1. The first-order chi connectivity index (χ1) is 8.29. The van der Waals surface area contributed by atoms with Crippen molar-refractivity contribution in [1.29, 1.82) is 0 Å². The van der Waals surface area contributed by atoms with Crippen molar-refractivity contribution >= 4 is 0 Å². The van der Waals surface area contributed by atoms with Crippen molar-refractivity contribution in [2.24, 2.45) is 7.05 Å². The highest BCUT2D eigenvalue weighted by molar-refractivity contribution is 5.00. The highest BCUT2D eigenvalue weighted by atomic mass is 16.5. The minimum atomic E-state index is 0.456. The lowest BCUT2D eigenvalue weighted by Gasteiger charge is -2.28. The number of methoxy groups -OCH3 is 1. The zero-order chi connectivity index (χ0) is 12.1. The van der Waals surface area contributed by atoms with Gasteiger partial charge in [-0.15, -0.1) is 0 Å². The first-order valence-corrected chi connectivity index (χ1v) is 6.52. The van der Waals surface area contributed by atoms with E-state index in [1.807, 2.05) is 25.0 Å². The summed E-state index contributed by atoms with van der Waals surface area (Å²) in [5.74, 6) is 0. The van der Waals surface area contributed by atoms with Gasteiger partial charge in [0.25, 0.3) is 0 Å². The van der Waals surface area contributed by atoms with Gasteiger partial charge in [0.05, 0.1) is 6.10 Å². The first kappa shape index (κ1) is 12.6. The van der Waals surface area contributed by atoms with Crippen LogP contribution in [0.1, 0.15) is 31.4 Å². The Kier molecular flexibility index (Phi) is 4.57. The molecule has 1 aliphatic carbocycles. The maximum absolute atomic E-state index is 5.44. The van der Waals surface area contributed by atoms with Gasteiger partial charge in [-0.2, -0.15) is 5.10 Å². The number of nitrogens with zero attached hydrogens (tertiary/aromatic N) is 2. The second-order valence-corrected chi connectivity index (χ2v) is 4.87. The van der Waals surface area contributed by atoms with Crippen molar-refractivity contribution < 1.29 is 4.74 Å². The summed E-state index contributed by atoms with van der Waals surface area (Å²) in [5, 5.41) is 7.81. The minimum Gasteiger partial charge on any atom is -0.381 e. The summed E-state index contributed by atoms with van der Waals surface area (Å²) in [5.41, 5.74) is 1.29. The predicted octanol–water partition coefficient (Wildman–Crippen LogP) is 1.51. The Morgan fingerprint density at radius 1 is 1.53 bits per heavy atom. The average molecular weight is 237 g/mol. The van der Waals surface area contributed by atoms with Crippen molar-refractivity contribution in [2.45, 2.75) is 44.2 Å². The molecule has 17 heavy (non-hydrogen) atoms. The first-order valence-electron chi connectivity index (χ1n) is 6.52. The topological polar surface area (TPSA) is 39.1 Å². The van der Waals surface area contributed by atoms with Gasteiger partial charge in [0.2, 0.25) is 0 Å². The highest BCUT2D eigenvalue weighted by Gasteiger charge is 2.20. The minimum absolute atomic E-state index is 0.456. The van der Waals surface area contributed by atoms with Gasteiger partial charge < -0.3 is 10.1 Å². The molecular weight excluding hydrogens is 214 g/mol. The third-order valence-electron chi connectivity index (χ3n) is 3.70. The molecule has 1 fully saturated rings. The van der Waals surface area contributed by atoms with E-state index in [9.17, 15) is 0 Å². The van der Waals surface area contributed by atoms with Crippen LogP contribution in [0.4, 0.5) is 0 Å². The van der Waals surface area contributed by atoms with E-state index in [4.69, 9.17) is 4.74 Å². The van der Waals surface area contributed by atoms with Gasteiger partial charge in [0, 0.05) is 45.1 Å². The Morgan fingerprint density at radius 3 is 3.12 bits per heavy atom. The molecule has 0 spiro atoms. The van der Waals surface area contributed by atoms with E-state index in [0.717, 1.165) is 19.4 Å². The molecule has 4 heteroatoms. The predicted molar refractivity (Wildman–Crippen MR) is 68.0 cm³/mol. The molecule has 96 valence electrons. The lowest BCUT2D eigenvalue weighted by atomic mass is 9.93. The summed E-state index contributed by atoms with van der Waals surface area (Å²) in [6, 6.07) is 2.71. The number of rotatable bonds is 5. The lowest BCUT2D eigenvalue weighted by molar-refractivity contribution is 0.0590. The fraction of sp³-hybridized carbons (Fsp3) is 0.769. The largest absolute Gasteiger partial charge is 0.381 e. The average Bonchev–Trinajstić information content (AvgIpc) is 2.76. The standard InChI is InChI=1S/C13H23N3O/c1-16-12(7-9-15-16)6-8-14-11-4-3-5-13(10-11)17-2/h7,9,11,13-14H,3-6,8,10H2,1-2H3. The maximum Gasteiger partial charge on any atom is 0.0586 e. The second kappa shape index (κ2) is 6.17. The van der Waals surface area contributed by atoms with Gasteiger partial charge >= 0.3 is 0 Å². The van der Waals surface area contributed by atoms with Crippen molar-refractivity contribution in [3.63, 3.8) is 0 Å². The summed E-state index contributed by atoms with van der Waals surface area (Å²) in [6.07, 6.45) is 8.30. The summed E-state index contributed by atoms with van der Waals surface area (Å²) >= 11 is 0. The molecule has 1 aromatic rings. The van der Waals surface area contributed by atoms with Crippen LogP contribution in [0.25, 0.3) is 0 Å². The van der Waals surface area contributed by atoms with Crippen LogP contribution in [0.15, 0.2) is 12.3 Å². The molecule has 0 saturated heterocycles. The van der Waals surface area contributed by atoms with E-state index in [1.165, 1.54) is 25.0 Å². The van der Waals surface area contributed by atoms with Crippen molar-refractivity contribution in [3.05, 3.63) is 18.0 Å². The van der Waals surface area contributed by atoms with Gasteiger partial charge in [0.1, 0.15) is 0 Å². The van der Waals surface area contributed by atoms with Crippen LogP contribution >= 0.6 is 0 Å². The Hall–Kier alpha value is -0.870. The molecule has 0 aliphatic heterocycles. The van der Waals surface area contributed by atoms with E-state index in [1.54, 1.807) is 0 Å². The van der Waals surface area contributed by atoms with Crippen molar-refractivity contribution in [3.8, 4) is 0 Å². The van der Waals surface area contributed by atoms with E-state index >= 15 is 0 Å². The zero-order valence-corrected chi connectivity index (χ0v) is 10.9. The highest BCUT2D eigenvalue weighted by Crippen LogP contribution is 2.20. The molecule has 0 amide bonds. The molecule has 1 aliphatic rings. The molecule has 1 aromatic heterocycles. The molecular formula is C13H23N3O. The molecule has 1 N–H and O–H groups in total. The SMILES string of the molecule is COC1CCCC(NCCc2ccnn2C)C1. The van der Waals surface area contributed by atoms with Crippen LogP contribution in [0.5, 0.6) is 0 Å². The number of aromatic nitrogens is 2. The smallest absolute Gasteiger partial charge is 0.0586 e.